The third-order valence-corrected chi connectivity index (χ3v) is 4.89. The van der Waals surface area contributed by atoms with Crippen LogP contribution < -0.4 is 10.9 Å². The van der Waals surface area contributed by atoms with Crippen molar-refractivity contribution in [2.45, 2.75) is 38.8 Å². The summed E-state index contributed by atoms with van der Waals surface area (Å²) >= 11 is 1.56. The van der Waals surface area contributed by atoms with Gasteiger partial charge in [0.25, 0.3) is 5.56 Å². The highest BCUT2D eigenvalue weighted by molar-refractivity contribution is 7.98. The minimum absolute atomic E-state index is 0.112. The van der Waals surface area contributed by atoms with E-state index in [1.165, 1.54) is 10.9 Å². The average molecular weight is 391 g/mol. The van der Waals surface area contributed by atoms with E-state index in [0.29, 0.717) is 29.5 Å². The van der Waals surface area contributed by atoms with Crippen molar-refractivity contribution in [3.8, 4) is 0 Å². The summed E-state index contributed by atoms with van der Waals surface area (Å²) < 4.78 is 1.31. The van der Waals surface area contributed by atoms with E-state index in [-0.39, 0.29) is 11.5 Å². The van der Waals surface area contributed by atoms with E-state index in [1.807, 2.05) is 20.1 Å². The molecule has 0 saturated carbocycles. The monoisotopic (exact) mass is 391 g/mol. The molecule has 1 aromatic carbocycles. The van der Waals surface area contributed by atoms with E-state index in [1.54, 1.807) is 36.0 Å². The molecule has 0 aliphatic carbocycles. The maximum atomic E-state index is 12.9. The molecule has 2 aromatic rings. The van der Waals surface area contributed by atoms with Gasteiger partial charge in [-0.15, -0.1) is 0 Å². The fourth-order valence-corrected chi connectivity index (χ4v) is 3.35. The number of nitrogens with one attached hydrogen (secondary N) is 1. The van der Waals surface area contributed by atoms with Gasteiger partial charge in [0.15, 0.2) is 0 Å². The number of thioether (sulfide) groups is 1. The maximum Gasteiger partial charge on any atom is 0.326 e. The van der Waals surface area contributed by atoms with Crippen molar-refractivity contribution in [3.63, 3.8) is 0 Å². The lowest BCUT2D eigenvalue weighted by molar-refractivity contribution is -0.142. The number of carbonyl (C=O) groups is 2. The number of rotatable bonds is 9. The van der Waals surface area contributed by atoms with Crippen LogP contribution in [0.3, 0.4) is 0 Å². The zero-order valence-electron chi connectivity index (χ0n) is 15.7. The Morgan fingerprint density at radius 2 is 2.00 bits per heavy atom. The number of carboxylic acid groups (broad SMARTS) is 1. The summed E-state index contributed by atoms with van der Waals surface area (Å²) in [6.07, 6.45) is 4.00. The summed E-state index contributed by atoms with van der Waals surface area (Å²) in [4.78, 5) is 41.5. The van der Waals surface area contributed by atoms with Crippen LogP contribution in [0.15, 0.2) is 35.4 Å². The van der Waals surface area contributed by atoms with Gasteiger partial charge < -0.3 is 10.4 Å². The fourth-order valence-electron chi connectivity index (χ4n) is 2.89. The van der Waals surface area contributed by atoms with Gasteiger partial charge in [0.05, 0.1) is 17.2 Å². The Morgan fingerprint density at radius 3 is 2.63 bits per heavy atom. The van der Waals surface area contributed by atoms with Gasteiger partial charge in [0.1, 0.15) is 12.1 Å². The summed E-state index contributed by atoms with van der Waals surface area (Å²) in [5.74, 6) is -0.791. The average Bonchev–Trinajstić information content (AvgIpc) is 2.62. The Labute approximate surface area is 162 Å². The number of hydrogen-bond acceptors (Lipinski definition) is 5. The highest BCUT2D eigenvalue weighted by Crippen LogP contribution is 2.16. The minimum Gasteiger partial charge on any atom is -0.480 e. The van der Waals surface area contributed by atoms with Crippen molar-refractivity contribution in [2.24, 2.45) is 5.92 Å². The molecule has 1 amide bonds. The first-order valence-electron chi connectivity index (χ1n) is 8.83. The van der Waals surface area contributed by atoms with E-state index in [4.69, 9.17) is 0 Å². The van der Waals surface area contributed by atoms with Gasteiger partial charge in [-0.1, -0.05) is 26.0 Å². The van der Waals surface area contributed by atoms with Crippen LogP contribution in [0.4, 0.5) is 0 Å². The molecule has 0 aliphatic heterocycles. The molecule has 2 rings (SSSR count). The van der Waals surface area contributed by atoms with Crippen molar-refractivity contribution in [1.29, 1.82) is 0 Å². The minimum atomic E-state index is -1.08. The number of carboxylic acids is 1. The van der Waals surface area contributed by atoms with E-state index < -0.39 is 24.0 Å². The van der Waals surface area contributed by atoms with Crippen LogP contribution in [0, 0.1) is 5.92 Å². The Morgan fingerprint density at radius 1 is 1.30 bits per heavy atom. The molecule has 0 bridgehead atoms. The largest absolute Gasteiger partial charge is 0.480 e. The van der Waals surface area contributed by atoms with Gasteiger partial charge >= 0.3 is 5.97 Å². The smallest absolute Gasteiger partial charge is 0.326 e. The van der Waals surface area contributed by atoms with Crippen molar-refractivity contribution in [3.05, 3.63) is 40.9 Å². The standard InChI is InChI=1S/C19H25N3O4S/c1-12(2)10-15(19(25)26)21-17(23)16(8-9-27-3)22-11-20-14-7-5-4-6-13(14)18(22)24/h4-7,11-12,15-16H,8-10H2,1-3H3,(H,21,23)(H,25,26)/t15-,16-/m0/s1. The van der Waals surface area contributed by atoms with Gasteiger partial charge in [-0.2, -0.15) is 11.8 Å². The summed E-state index contributed by atoms with van der Waals surface area (Å²) in [6, 6.07) is 5.15. The lowest BCUT2D eigenvalue weighted by Crippen LogP contribution is -2.46. The van der Waals surface area contributed by atoms with Crippen LogP contribution in [0.25, 0.3) is 10.9 Å². The molecule has 146 valence electrons. The molecule has 27 heavy (non-hydrogen) atoms. The van der Waals surface area contributed by atoms with Crippen molar-refractivity contribution >= 4 is 34.5 Å². The van der Waals surface area contributed by atoms with Gasteiger partial charge in [0, 0.05) is 0 Å². The first-order valence-corrected chi connectivity index (χ1v) is 10.2. The second-order valence-electron chi connectivity index (χ2n) is 6.80. The molecule has 0 fully saturated rings. The molecule has 7 nitrogen and oxygen atoms in total. The third-order valence-electron chi connectivity index (χ3n) is 4.25. The van der Waals surface area contributed by atoms with E-state index in [0.717, 1.165) is 0 Å². The molecule has 0 spiro atoms. The number of hydrogen-bond donors (Lipinski definition) is 2. The normalized spacial score (nSPS) is 13.5. The lowest BCUT2D eigenvalue weighted by atomic mass is 10.0. The Bertz CT molecular complexity index is 865. The molecule has 2 N–H and O–H groups in total. The number of benzene rings is 1. The van der Waals surface area contributed by atoms with Gasteiger partial charge in [-0.05, 0) is 42.9 Å². The van der Waals surface area contributed by atoms with Crippen LogP contribution in [0.1, 0.15) is 32.7 Å². The number of para-hydroxylation sites is 1. The Hall–Kier alpha value is -2.35. The summed E-state index contributed by atoms with van der Waals surface area (Å²) in [6.45, 7) is 3.79. The van der Waals surface area contributed by atoms with Crippen molar-refractivity contribution < 1.29 is 14.7 Å². The van der Waals surface area contributed by atoms with Gasteiger partial charge in [-0.3, -0.25) is 14.2 Å². The molecule has 2 atom stereocenters. The molecular weight excluding hydrogens is 366 g/mol. The highest BCUT2D eigenvalue weighted by Gasteiger charge is 2.27. The molecule has 1 aromatic heterocycles. The number of amides is 1. The number of carbonyl (C=O) groups excluding carboxylic acids is 1. The third kappa shape index (κ3) is 5.32. The van der Waals surface area contributed by atoms with Crippen molar-refractivity contribution in [2.75, 3.05) is 12.0 Å². The quantitative estimate of drug-likeness (QED) is 0.680. The SMILES string of the molecule is CSCC[C@@H](C(=O)N[C@@H](CC(C)C)C(=O)O)n1cnc2ccccc2c1=O. The highest BCUT2D eigenvalue weighted by atomic mass is 32.2. The summed E-state index contributed by atoms with van der Waals surface area (Å²) in [5, 5.41) is 12.4. The second kappa shape index (κ2) is 9.55. The number of aliphatic carboxylic acids is 1. The van der Waals surface area contributed by atoms with E-state index in [9.17, 15) is 19.5 Å². The molecule has 0 aliphatic rings. The molecule has 0 saturated heterocycles. The molecule has 1 heterocycles. The molecule has 0 unspecified atom stereocenters. The summed E-state index contributed by atoms with van der Waals surface area (Å²) in [7, 11) is 0. The number of fused-ring (bicyclic) bond motifs is 1. The number of aromatic nitrogens is 2. The molecule has 8 heteroatoms. The van der Waals surface area contributed by atoms with E-state index in [2.05, 4.69) is 10.3 Å². The predicted molar refractivity (Wildman–Crippen MR) is 107 cm³/mol. The Kier molecular flexibility index (Phi) is 7.41. The zero-order chi connectivity index (χ0) is 20.0. The Balaban J connectivity index is 2.37. The molecule has 0 radical (unpaired) electrons. The number of nitrogens with zero attached hydrogens (tertiary/aromatic N) is 2. The van der Waals surface area contributed by atoms with Crippen LogP contribution in [-0.2, 0) is 9.59 Å². The topological polar surface area (TPSA) is 101 Å². The zero-order valence-corrected chi connectivity index (χ0v) is 16.5. The maximum absolute atomic E-state index is 12.9. The predicted octanol–water partition coefficient (Wildman–Crippen LogP) is 2.31. The van der Waals surface area contributed by atoms with Gasteiger partial charge in [0.2, 0.25) is 5.91 Å². The lowest BCUT2D eigenvalue weighted by Gasteiger charge is -2.23. The van der Waals surface area contributed by atoms with Crippen LogP contribution >= 0.6 is 11.8 Å². The first kappa shape index (κ1) is 21.0. The van der Waals surface area contributed by atoms with Crippen molar-refractivity contribution in [1.82, 2.24) is 14.9 Å². The fraction of sp³-hybridized carbons (Fsp3) is 0.474. The second-order valence-corrected chi connectivity index (χ2v) is 7.79. The summed E-state index contributed by atoms with van der Waals surface area (Å²) in [5.41, 5.74) is 0.253. The molecular formula is C19H25N3O4S. The van der Waals surface area contributed by atoms with Crippen LogP contribution in [-0.4, -0.2) is 44.6 Å². The van der Waals surface area contributed by atoms with Crippen LogP contribution in [0.2, 0.25) is 0 Å². The van der Waals surface area contributed by atoms with Crippen LogP contribution in [0.5, 0.6) is 0 Å². The first-order chi connectivity index (χ1) is 12.8. The van der Waals surface area contributed by atoms with E-state index >= 15 is 0 Å². The van der Waals surface area contributed by atoms with Gasteiger partial charge in [-0.25, -0.2) is 9.78 Å².